The molecule has 3 aromatic rings. The van der Waals surface area contributed by atoms with E-state index in [-0.39, 0.29) is 54.5 Å². The molecule has 12 nitrogen and oxygen atoms in total. The van der Waals surface area contributed by atoms with E-state index in [0.717, 1.165) is 5.56 Å². The van der Waals surface area contributed by atoms with Crippen LogP contribution in [0, 0.1) is 12.8 Å². The van der Waals surface area contributed by atoms with Gasteiger partial charge in [0.15, 0.2) is 11.5 Å². The van der Waals surface area contributed by atoms with Crippen molar-refractivity contribution in [2.75, 3.05) is 44.2 Å². The Kier molecular flexibility index (Phi) is 9.00. The van der Waals surface area contributed by atoms with Crippen molar-refractivity contribution in [2.45, 2.75) is 37.8 Å². The van der Waals surface area contributed by atoms with Crippen molar-refractivity contribution < 1.29 is 37.3 Å². The van der Waals surface area contributed by atoms with Crippen LogP contribution in [0.2, 0.25) is 0 Å². The number of sulfonamides is 1. The molecule has 2 aliphatic heterocycles. The topological polar surface area (TPSA) is 147 Å². The van der Waals surface area contributed by atoms with Gasteiger partial charge in [-0.05, 0) is 56.3 Å². The van der Waals surface area contributed by atoms with E-state index in [2.05, 4.69) is 10.6 Å². The van der Waals surface area contributed by atoms with E-state index in [1.54, 1.807) is 66.4 Å². The highest BCUT2D eigenvalue weighted by atomic mass is 32.2. The zero-order valence-electron chi connectivity index (χ0n) is 24.9. The minimum atomic E-state index is -3.81. The standard InChI is InChI=1S/C31H36N4O8S/c1-19-5-9-24(10-6-19)44(39,40)34(4)16-29-20(2)15-35(21(3)17-36)30(37)25-13-22(7-11-26(25)43-29)32-31(38)33-23-8-12-27-28(14-23)42-18-41-27/h5-14,20-21,29,36H,15-18H2,1-4H3,(H2,32,33,38)/t20-,21+,29+/m0/s1. The molecular weight excluding hydrogens is 588 g/mol. The van der Waals surface area contributed by atoms with Crippen LogP contribution >= 0.6 is 0 Å². The van der Waals surface area contributed by atoms with Crippen molar-refractivity contribution >= 4 is 33.3 Å². The summed E-state index contributed by atoms with van der Waals surface area (Å²) < 4.78 is 44.9. The number of aryl methyl sites for hydroxylation is 1. The van der Waals surface area contributed by atoms with Gasteiger partial charge in [-0.3, -0.25) is 4.79 Å². The summed E-state index contributed by atoms with van der Waals surface area (Å²) in [5.41, 5.74) is 1.94. The summed E-state index contributed by atoms with van der Waals surface area (Å²) in [5, 5.41) is 15.4. The number of aliphatic hydroxyl groups excluding tert-OH is 1. The number of fused-ring (bicyclic) bond motifs is 2. The third-order valence-corrected chi connectivity index (χ3v) is 9.56. The summed E-state index contributed by atoms with van der Waals surface area (Å²) in [4.78, 5) is 28.3. The van der Waals surface area contributed by atoms with E-state index in [1.807, 2.05) is 13.8 Å². The van der Waals surface area contributed by atoms with Gasteiger partial charge in [0.25, 0.3) is 5.91 Å². The molecule has 0 aromatic heterocycles. The molecule has 0 unspecified atom stereocenters. The minimum absolute atomic E-state index is 0.0181. The number of carbonyl (C=O) groups excluding carboxylic acids is 2. The number of carbonyl (C=O) groups is 2. The summed E-state index contributed by atoms with van der Waals surface area (Å²) in [6.45, 7) is 5.57. The second-order valence-electron chi connectivity index (χ2n) is 11.1. The Hall–Kier alpha value is -4.33. The maximum atomic E-state index is 13.7. The van der Waals surface area contributed by atoms with Crippen molar-refractivity contribution in [1.82, 2.24) is 9.21 Å². The zero-order chi connectivity index (χ0) is 31.6. The van der Waals surface area contributed by atoms with Crippen LogP contribution < -0.4 is 24.8 Å². The van der Waals surface area contributed by atoms with Crippen LogP contribution in [0.5, 0.6) is 17.2 Å². The maximum absolute atomic E-state index is 13.7. The fraction of sp³-hybridized carbons (Fsp3) is 0.355. The molecule has 0 aliphatic carbocycles. The van der Waals surface area contributed by atoms with Crippen LogP contribution in [0.3, 0.4) is 0 Å². The molecule has 3 N–H and O–H groups in total. The van der Waals surface area contributed by atoms with E-state index >= 15 is 0 Å². The van der Waals surface area contributed by atoms with Crippen LogP contribution in [0.1, 0.15) is 29.8 Å². The quantitative estimate of drug-likeness (QED) is 0.342. The molecule has 3 atom stereocenters. The number of anilines is 2. The molecule has 5 rings (SSSR count). The lowest BCUT2D eigenvalue weighted by Gasteiger charge is -2.38. The Morgan fingerprint density at radius 3 is 2.34 bits per heavy atom. The SMILES string of the molecule is Cc1ccc(S(=O)(=O)N(C)C[C@H]2Oc3ccc(NC(=O)Nc4ccc5c(c4)OCO5)cc3C(=O)N([C@H](C)CO)C[C@@H]2C)cc1. The number of nitrogens with one attached hydrogen (secondary N) is 2. The van der Waals surface area contributed by atoms with Gasteiger partial charge >= 0.3 is 6.03 Å². The van der Waals surface area contributed by atoms with Gasteiger partial charge in [0.2, 0.25) is 16.8 Å². The Bertz CT molecular complexity index is 1650. The lowest BCUT2D eigenvalue weighted by molar-refractivity contribution is 0.0387. The average molecular weight is 625 g/mol. The molecule has 0 saturated heterocycles. The van der Waals surface area contributed by atoms with Crippen LogP contribution in [0.15, 0.2) is 65.6 Å². The number of nitrogens with zero attached hydrogens (tertiary/aromatic N) is 2. The molecule has 0 radical (unpaired) electrons. The number of rotatable bonds is 8. The van der Waals surface area contributed by atoms with E-state index in [0.29, 0.717) is 22.9 Å². The van der Waals surface area contributed by atoms with Gasteiger partial charge < -0.3 is 34.9 Å². The second-order valence-corrected chi connectivity index (χ2v) is 13.1. The first kappa shape index (κ1) is 31.1. The van der Waals surface area contributed by atoms with Crippen LogP contribution in [0.25, 0.3) is 0 Å². The molecule has 0 saturated carbocycles. The summed E-state index contributed by atoms with van der Waals surface area (Å²) in [6.07, 6.45) is -0.631. The van der Waals surface area contributed by atoms with Gasteiger partial charge in [-0.2, -0.15) is 4.31 Å². The van der Waals surface area contributed by atoms with E-state index in [4.69, 9.17) is 14.2 Å². The van der Waals surface area contributed by atoms with E-state index in [9.17, 15) is 23.1 Å². The van der Waals surface area contributed by atoms with Gasteiger partial charge in [-0.25, -0.2) is 13.2 Å². The summed E-state index contributed by atoms with van der Waals surface area (Å²) >= 11 is 0. The molecule has 0 bridgehead atoms. The molecule has 2 aliphatic rings. The number of amides is 3. The molecule has 2 heterocycles. The highest BCUT2D eigenvalue weighted by Gasteiger charge is 2.35. The number of aliphatic hydroxyl groups is 1. The van der Waals surface area contributed by atoms with Crippen LogP contribution in [-0.4, -0.2) is 80.4 Å². The van der Waals surface area contributed by atoms with Gasteiger partial charge in [0, 0.05) is 37.0 Å². The Morgan fingerprint density at radius 2 is 1.66 bits per heavy atom. The fourth-order valence-corrected chi connectivity index (χ4v) is 6.21. The monoisotopic (exact) mass is 624 g/mol. The van der Waals surface area contributed by atoms with E-state index < -0.39 is 28.2 Å². The average Bonchev–Trinajstić information content (AvgIpc) is 3.47. The van der Waals surface area contributed by atoms with Gasteiger partial charge in [0.05, 0.1) is 29.7 Å². The first-order valence-corrected chi connectivity index (χ1v) is 15.6. The first-order valence-electron chi connectivity index (χ1n) is 14.2. The molecule has 13 heteroatoms. The largest absolute Gasteiger partial charge is 0.488 e. The highest BCUT2D eigenvalue weighted by molar-refractivity contribution is 7.89. The number of hydrogen-bond acceptors (Lipinski definition) is 8. The van der Waals surface area contributed by atoms with Crippen LogP contribution in [-0.2, 0) is 10.0 Å². The summed E-state index contributed by atoms with van der Waals surface area (Å²) in [5.74, 6) is 0.675. The summed E-state index contributed by atoms with van der Waals surface area (Å²) in [7, 11) is -2.31. The molecule has 234 valence electrons. The van der Waals surface area contributed by atoms with Gasteiger partial charge in [-0.1, -0.05) is 24.6 Å². The molecule has 0 spiro atoms. The fourth-order valence-electron chi connectivity index (χ4n) is 5.03. The van der Waals surface area contributed by atoms with Crippen molar-refractivity contribution in [1.29, 1.82) is 0 Å². The number of likely N-dealkylation sites (N-methyl/N-ethyl adjacent to an activating group) is 1. The third-order valence-electron chi connectivity index (χ3n) is 7.72. The van der Waals surface area contributed by atoms with Crippen molar-refractivity contribution in [3.63, 3.8) is 0 Å². The number of urea groups is 1. The molecule has 3 amide bonds. The predicted octanol–water partition coefficient (Wildman–Crippen LogP) is 3.91. The number of benzene rings is 3. The number of hydrogen-bond donors (Lipinski definition) is 3. The van der Waals surface area contributed by atoms with Crippen molar-refractivity contribution in [3.05, 3.63) is 71.8 Å². The van der Waals surface area contributed by atoms with Gasteiger partial charge in [-0.15, -0.1) is 0 Å². The third kappa shape index (κ3) is 6.59. The van der Waals surface area contributed by atoms with Crippen molar-refractivity contribution in [2.24, 2.45) is 5.92 Å². The molecule has 44 heavy (non-hydrogen) atoms. The maximum Gasteiger partial charge on any atom is 0.323 e. The van der Waals surface area contributed by atoms with E-state index in [1.165, 1.54) is 17.4 Å². The van der Waals surface area contributed by atoms with Gasteiger partial charge in [0.1, 0.15) is 11.9 Å². The zero-order valence-corrected chi connectivity index (χ0v) is 25.8. The lowest BCUT2D eigenvalue weighted by Crippen LogP contribution is -2.50. The highest BCUT2D eigenvalue weighted by Crippen LogP contribution is 2.35. The Labute approximate surface area is 256 Å². The molecule has 3 aromatic carbocycles. The Morgan fingerprint density at radius 1 is 1.02 bits per heavy atom. The Balaban J connectivity index is 1.38. The summed E-state index contributed by atoms with van der Waals surface area (Å²) in [6, 6.07) is 15.3. The minimum Gasteiger partial charge on any atom is -0.488 e. The normalized spacial score (nSPS) is 18.6. The second kappa shape index (κ2) is 12.7. The van der Waals surface area contributed by atoms with Crippen LogP contribution in [0.4, 0.5) is 16.2 Å². The smallest absolute Gasteiger partial charge is 0.323 e. The lowest BCUT2D eigenvalue weighted by atomic mass is 9.99. The number of ether oxygens (including phenoxy) is 3. The van der Waals surface area contributed by atoms with Crippen molar-refractivity contribution in [3.8, 4) is 17.2 Å². The molecule has 0 fully saturated rings. The predicted molar refractivity (Wildman–Crippen MR) is 164 cm³/mol. The first-order chi connectivity index (χ1) is 21.0. The molecular formula is C31H36N4O8S.